The molecule has 0 nitrogen and oxygen atoms in total. The first kappa shape index (κ1) is 21.9. The van der Waals surface area contributed by atoms with Gasteiger partial charge in [0.25, 0.3) is 0 Å². The second kappa shape index (κ2) is 9.19. The largest absolute Gasteiger partial charge is 0.0623 e. The maximum Gasteiger partial charge on any atom is 0.00664 e. The molecule has 0 saturated heterocycles. The van der Waals surface area contributed by atoms with E-state index in [1.807, 2.05) is 0 Å². The van der Waals surface area contributed by atoms with Gasteiger partial charge in [-0.15, -0.1) is 0 Å². The van der Waals surface area contributed by atoms with E-state index in [4.69, 9.17) is 0 Å². The molecule has 172 valence electrons. The third kappa shape index (κ3) is 3.78. The van der Waals surface area contributed by atoms with Crippen molar-refractivity contribution in [3.63, 3.8) is 0 Å². The van der Waals surface area contributed by atoms with Gasteiger partial charge in [-0.2, -0.15) is 0 Å². The molecule has 0 heterocycles. The number of fused-ring (bicyclic) bond motifs is 2. The standard InChI is InChI=1S/C35H32/c1-3-24-21-34-28(26-13-7-5-8-14-26)17-11-19-30(34)32(24)23-33-25(4-2)22-35-29(18-12-20-31(33)35)27-15-9-6-10-16-27/h5-22,32-33H,3-4,23H2,1-2H3. The normalized spacial score (nSPS) is 18.1. The van der Waals surface area contributed by atoms with Gasteiger partial charge in [0.1, 0.15) is 0 Å². The summed E-state index contributed by atoms with van der Waals surface area (Å²) >= 11 is 0. The van der Waals surface area contributed by atoms with E-state index in [9.17, 15) is 0 Å². The molecule has 2 atom stereocenters. The van der Waals surface area contributed by atoms with Gasteiger partial charge >= 0.3 is 0 Å². The summed E-state index contributed by atoms with van der Waals surface area (Å²) in [6.45, 7) is 4.64. The van der Waals surface area contributed by atoms with Crippen molar-refractivity contribution in [1.29, 1.82) is 0 Å². The van der Waals surface area contributed by atoms with Crippen molar-refractivity contribution in [3.8, 4) is 22.3 Å². The Morgan fingerprint density at radius 1 is 0.486 bits per heavy atom. The van der Waals surface area contributed by atoms with E-state index < -0.39 is 0 Å². The third-order valence-corrected chi connectivity index (χ3v) is 8.04. The van der Waals surface area contributed by atoms with E-state index in [1.54, 1.807) is 11.1 Å². The van der Waals surface area contributed by atoms with Gasteiger partial charge in [-0.3, -0.25) is 0 Å². The molecule has 35 heavy (non-hydrogen) atoms. The SMILES string of the molecule is CCC1=Cc2c(-c3ccccc3)cccc2C1CC1C(CC)=Cc2c(-c3ccccc3)cccc21. The first-order chi connectivity index (χ1) is 17.3. The zero-order chi connectivity index (χ0) is 23.8. The highest BCUT2D eigenvalue weighted by Gasteiger charge is 2.33. The molecule has 0 amide bonds. The first-order valence-corrected chi connectivity index (χ1v) is 13.1. The monoisotopic (exact) mass is 452 g/mol. The van der Waals surface area contributed by atoms with Crippen LogP contribution >= 0.6 is 0 Å². The molecule has 2 aliphatic carbocycles. The Hall–Kier alpha value is -3.64. The lowest BCUT2D eigenvalue weighted by molar-refractivity contribution is 0.621. The summed E-state index contributed by atoms with van der Waals surface area (Å²) in [5, 5.41) is 0. The molecule has 0 heteroatoms. The van der Waals surface area contributed by atoms with Crippen LogP contribution in [0.15, 0.2) is 108 Å². The molecule has 0 aromatic heterocycles. The Morgan fingerprint density at radius 3 is 1.31 bits per heavy atom. The fraction of sp³-hybridized carbons (Fsp3) is 0.200. The molecule has 0 spiro atoms. The van der Waals surface area contributed by atoms with Crippen LogP contribution in [0.5, 0.6) is 0 Å². The molecule has 4 aromatic rings. The zero-order valence-electron chi connectivity index (χ0n) is 20.7. The summed E-state index contributed by atoms with van der Waals surface area (Å²) in [6, 6.07) is 35.5. The minimum Gasteiger partial charge on any atom is -0.0623 e. The summed E-state index contributed by atoms with van der Waals surface area (Å²) in [6.07, 6.45) is 8.34. The topological polar surface area (TPSA) is 0 Å². The van der Waals surface area contributed by atoms with Crippen LogP contribution in [0.2, 0.25) is 0 Å². The average molecular weight is 453 g/mol. The Labute approximate surface area is 209 Å². The van der Waals surface area contributed by atoms with Crippen molar-refractivity contribution in [2.75, 3.05) is 0 Å². The molecule has 6 rings (SSSR count). The lowest BCUT2D eigenvalue weighted by atomic mass is 9.79. The molecule has 0 N–H and O–H groups in total. The van der Waals surface area contributed by atoms with Gasteiger partial charge in [-0.25, -0.2) is 0 Å². The number of allylic oxidation sites excluding steroid dienone is 2. The highest BCUT2D eigenvalue weighted by atomic mass is 14.4. The highest BCUT2D eigenvalue weighted by Crippen LogP contribution is 2.51. The van der Waals surface area contributed by atoms with E-state index in [0.717, 1.165) is 19.3 Å². The maximum absolute atomic E-state index is 2.49. The summed E-state index contributed by atoms with van der Waals surface area (Å²) < 4.78 is 0. The van der Waals surface area contributed by atoms with Gasteiger partial charge in [0, 0.05) is 11.8 Å². The van der Waals surface area contributed by atoms with E-state index in [1.165, 1.54) is 44.5 Å². The molecule has 0 bridgehead atoms. The summed E-state index contributed by atoms with van der Waals surface area (Å²) in [5.41, 5.74) is 14.4. The van der Waals surface area contributed by atoms with Crippen molar-refractivity contribution in [1.82, 2.24) is 0 Å². The quantitative estimate of drug-likeness (QED) is 0.273. The smallest absolute Gasteiger partial charge is 0.00664 e. The second-order valence-corrected chi connectivity index (χ2v) is 9.84. The molecule has 0 fully saturated rings. The van der Waals surface area contributed by atoms with Crippen LogP contribution in [0, 0.1) is 0 Å². The van der Waals surface area contributed by atoms with Crippen LogP contribution in [0.1, 0.15) is 67.2 Å². The molecule has 2 unspecified atom stereocenters. The lowest BCUT2D eigenvalue weighted by Gasteiger charge is -2.24. The molecular weight excluding hydrogens is 420 g/mol. The van der Waals surface area contributed by atoms with Crippen molar-refractivity contribution in [3.05, 3.63) is 130 Å². The lowest BCUT2D eigenvalue weighted by Crippen LogP contribution is -2.08. The maximum atomic E-state index is 2.49. The summed E-state index contributed by atoms with van der Waals surface area (Å²) in [5.74, 6) is 0.954. The zero-order valence-corrected chi connectivity index (χ0v) is 20.7. The van der Waals surface area contributed by atoms with Crippen molar-refractivity contribution >= 4 is 12.2 Å². The van der Waals surface area contributed by atoms with Crippen LogP contribution in [0.25, 0.3) is 34.4 Å². The van der Waals surface area contributed by atoms with Gasteiger partial charge in [0.2, 0.25) is 0 Å². The number of hydrogen-bond acceptors (Lipinski definition) is 0. The van der Waals surface area contributed by atoms with Crippen molar-refractivity contribution in [2.24, 2.45) is 0 Å². The van der Waals surface area contributed by atoms with Crippen LogP contribution in [0.3, 0.4) is 0 Å². The number of rotatable bonds is 6. The molecule has 0 saturated carbocycles. The van der Waals surface area contributed by atoms with Gasteiger partial charge in [-0.1, -0.05) is 134 Å². The van der Waals surface area contributed by atoms with Gasteiger partial charge in [0.15, 0.2) is 0 Å². The fourth-order valence-electron chi connectivity index (χ4n) is 6.30. The van der Waals surface area contributed by atoms with E-state index >= 15 is 0 Å². The average Bonchev–Trinajstić information content (AvgIpc) is 3.47. The minimum atomic E-state index is 0.477. The van der Waals surface area contributed by atoms with Crippen LogP contribution in [0.4, 0.5) is 0 Å². The van der Waals surface area contributed by atoms with Gasteiger partial charge in [-0.05, 0) is 63.8 Å². The highest BCUT2D eigenvalue weighted by molar-refractivity contribution is 5.84. The summed E-state index contributed by atoms with van der Waals surface area (Å²) in [7, 11) is 0. The van der Waals surface area contributed by atoms with E-state index in [2.05, 4.69) is 123 Å². The molecule has 2 aliphatic rings. The van der Waals surface area contributed by atoms with Crippen LogP contribution in [-0.2, 0) is 0 Å². The van der Waals surface area contributed by atoms with Gasteiger partial charge in [0.05, 0.1) is 0 Å². The number of hydrogen-bond donors (Lipinski definition) is 0. The van der Waals surface area contributed by atoms with E-state index in [0.29, 0.717) is 11.8 Å². The van der Waals surface area contributed by atoms with Gasteiger partial charge < -0.3 is 0 Å². The molecular formula is C35H32. The first-order valence-electron chi connectivity index (χ1n) is 13.1. The fourth-order valence-corrected chi connectivity index (χ4v) is 6.30. The van der Waals surface area contributed by atoms with Crippen LogP contribution in [-0.4, -0.2) is 0 Å². The Balaban J connectivity index is 1.40. The van der Waals surface area contributed by atoms with Crippen LogP contribution < -0.4 is 0 Å². The Kier molecular flexibility index (Phi) is 5.74. The second-order valence-electron chi connectivity index (χ2n) is 9.84. The Bertz CT molecular complexity index is 1310. The third-order valence-electron chi connectivity index (χ3n) is 8.04. The number of benzene rings is 4. The molecule has 0 radical (unpaired) electrons. The summed E-state index contributed by atoms with van der Waals surface area (Å²) in [4.78, 5) is 0. The molecule has 4 aromatic carbocycles. The Morgan fingerprint density at radius 2 is 0.914 bits per heavy atom. The van der Waals surface area contributed by atoms with E-state index in [-0.39, 0.29) is 0 Å². The molecule has 0 aliphatic heterocycles. The predicted octanol–water partition coefficient (Wildman–Crippen LogP) is 9.89. The predicted molar refractivity (Wildman–Crippen MR) is 150 cm³/mol. The van der Waals surface area contributed by atoms with Crippen molar-refractivity contribution in [2.45, 2.75) is 44.9 Å². The minimum absolute atomic E-state index is 0.477. The van der Waals surface area contributed by atoms with Crippen molar-refractivity contribution < 1.29 is 0 Å².